The molecule has 0 aromatic carbocycles. The molecule has 1 amide bonds. The Morgan fingerprint density at radius 3 is 2.38 bits per heavy atom. The van der Waals surface area contributed by atoms with Gasteiger partial charge in [0.2, 0.25) is 5.91 Å². The number of nitrogens with two attached hydrogens (primary N) is 1. The van der Waals surface area contributed by atoms with Crippen LogP contribution in [0.5, 0.6) is 0 Å². The van der Waals surface area contributed by atoms with E-state index in [-0.39, 0.29) is 18.0 Å². The van der Waals surface area contributed by atoms with Gasteiger partial charge >= 0.3 is 0 Å². The van der Waals surface area contributed by atoms with Crippen molar-refractivity contribution < 1.29 is 4.79 Å². The summed E-state index contributed by atoms with van der Waals surface area (Å²) < 4.78 is 0. The lowest BCUT2D eigenvalue weighted by atomic mass is 10.0. The van der Waals surface area contributed by atoms with E-state index in [1.165, 1.54) is 25.7 Å². The van der Waals surface area contributed by atoms with Crippen molar-refractivity contribution in [1.82, 2.24) is 5.32 Å². The van der Waals surface area contributed by atoms with Gasteiger partial charge in [-0.1, -0.05) is 12.8 Å². The average molecular weight is 224 g/mol. The molecule has 92 valence electrons. The Morgan fingerprint density at radius 2 is 1.88 bits per heavy atom. The highest BCUT2D eigenvalue weighted by molar-refractivity contribution is 5.82. The minimum atomic E-state index is 0.164. The van der Waals surface area contributed by atoms with Crippen molar-refractivity contribution in [3.05, 3.63) is 0 Å². The monoisotopic (exact) mass is 224 g/mol. The third kappa shape index (κ3) is 2.57. The molecule has 0 aromatic rings. The number of hydrogen-bond donors (Lipinski definition) is 2. The Hall–Kier alpha value is -0.570. The van der Waals surface area contributed by atoms with E-state index in [9.17, 15) is 4.79 Å². The van der Waals surface area contributed by atoms with Gasteiger partial charge in [0.1, 0.15) is 0 Å². The first-order valence-electron chi connectivity index (χ1n) is 6.65. The normalized spacial score (nSPS) is 36.1. The van der Waals surface area contributed by atoms with Crippen LogP contribution in [0.4, 0.5) is 0 Å². The van der Waals surface area contributed by atoms with Crippen LogP contribution in [-0.2, 0) is 4.79 Å². The molecular formula is C13H24N2O. The van der Waals surface area contributed by atoms with E-state index in [2.05, 4.69) is 5.32 Å². The lowest BCUT2D eigenvalue weighted by Gasteiger charge is -2.15. The first-order chi connectivity index (χ1) is 7.59. The summed E-state index contributed by atoms with van der Waals surface area (Å²) in [7, 11) is 0. The van der Waals surface area contributed by atoms with Crippen molar-refractivity contribution >= 4 is 5.91 Å². The van der Waals surface area contributed by atoms with Crippen molar-refractivity contribution in [3.63, 3.8) is 0 Å². The van der Waals surface area contributed by atoms with Gasteiger partial charge in [-0.2, -0.15) is 0 Å². The van der Waals surface area contributed by atoms with Crippen LogP contribution in [0, 0.1) is 17.8 Å². The van der Waals surface area contributed by atoms with Crippen LogP contribution in [0.25, 0.3) is 0 Å². The summed E-state index contributed by atoms with van der Waals surface area (Å²) in [5.74, 6) is 2.02. The highest BCUT2D eigenvalue weighted by atomic mass is 16.2. The molecule has 4 atom stereocenters. The molecule has 2 fully saturated rings. The fourth-order valence-electron chi connectivity index (χ4n) is 3.34. The predicted octanol–water partition coefficient (Wildman–Crippen LogP) is 1.66. The zero-order chi connectivity index (χ0) is 11.7. The summed E-state index contributed by atoms with van der Waals surface area (Å²) in [6.45, 7) is 4.03. The van der Waals surface area contributed by atoms with Crippen LogP contribution in [0.15, 0.2) is 0 Å². The largest absolute Gasteiger partial charge is 0.353 e. The number of hydrogen-bond acceptors (Lipinski definition) is 2. The molecule has 2 saturated carbocycles. The molecule has 0 radical (unpaired) electrons. The van der Waals surface area contributed by atoms with Crippen LogP contribution in [0.3, 0.4) is 0 Å². The van der Waals surface area contributed by atoms with Crippen LogP contribution < -0.4 is 11.1 Å². The second-order valence-electron chi connectivity index (χ2n) is 5.76. The van der Waals surface area contributed by atoms with E-state index in [0.717, 1.165) is 6.42 Å². The van der Waals surface area contributed by atoms with E-state index in [0.29, 0.717) is 17.8 Å². The Bertz CT molecular complexity index is 253. The molecule has 0 heterocycles. The number of fused-ring (bicyclic) bond motifs is 1. The first kappa shape index (κ1) is 11.9. The summed E-state index contributed by atoms with van der Waals surface area (Å²) in [5.41, 5.74) is 5.73. The van der Waals surface area contributed by atoms with Gasteiger partial charge in [-0.15, -0.1) is 0 Å². The lowest BCUT2D eigenvalue weighted by Crippen LogP contribution is -2.37. The topological polar surface area (TPSA) is 55.1 Å². The van der Waals surface area contributed by atoms with Gasteiger partial charge in [0.05, 0.1) is 0 Å². The van der Waals surface area contributed by atoms with Gasteiger partial charge < -0.3 is 11.1 Å². The number of amides is 1. The maximum Gasteiger partial charge on any atom is 0.223 e. The van der Waals surface area contributed by atoms with Gasteiger partial charge in [0, 0.05) is 18.0 Å². The molecule has 3 heteroatoms. The van der Waals surface area contributed by atoms with Gasteiger partial charge in [-0.3, -0.25) is 4.79 Å². The molecule has 0 aromatic heterocycles. The van der Waals surface area contributed by atoms with Crippen molar-refractivity contribution in [2.45, 2.75) is 58.0 Å². The molecule has 0 bridgehead atoms. The van der Waals surface area contributed by atoms with Gasteiger partial charge in [-0.25, -0.2) is 0 Å². The molecule has 2 aliphatic carbocycles. The second kappa shape index (κ2) is 4.74. The van der Waals surface area contributed by atoms with Crippen LogP contribution in [0.1, 0.15) is 46.0 Å². The van der Waals surface area contributed by atoms with Crippen LogP contribution in [-0.4, -0.2) is 18.0 Å². The Balaban J connectivity index is 1.76. The zero-order valence-electron chi connectivity index (χ0n) is 10.4. The van der Waals surface area contributed by atoms with E-state index in [1.807, 2.05) is 13.8 Å². The SMILES string of the molecule is CC(N)CC(C)NC(=O)C1C2CCCCC21. The van der Waals surface area contributed by atoms with Crippen LogP contribution >= 0.6 is 0 Å². The first-order valence-corrected chi connectivity index (χ1v) is 6.65. The summed E-state index contributed by atoms with van der Waals surface area (Å²) >= 11 is 0. The Kier molecular flexibility index (Phi) is 3.53. The molecule has 3 N–H and O–H groups in total. The molecule has 3 nitrogen and oxygen atoms in total. The average Bonchev–Trinajstić information content (AvgIpc) is 2.89. The quantitative estimate of drug-likeness (QED) is 0.763. The summed E-state index contributed by atoms with van der Waals surface area (Å²) in [4.78, 5) is 12.0. The van der Waals surface area contributed by atoms with Crippen LogP contribution in [0.2, 0.25) is 0 Å². The molecule has 0 spiro atoms. The van der Waals surface area contributed by atoms with E-state index >= 15 is 0 Å². The molecule has 2 rings (SSSR count). The Labute approximate surface area is 98.2 Å². The third-order valence-electron chi connectivity index (χ3n) is 4.07. The zero-order valence-corrected chi connectivity index (χ0v) is 10.4. The Morgan fingerprint density at radius 1 is 1.31 bits per heavy atom. The molecule has 4 unspecified atom stereocenters. The molecule has 16 heavy (non-hydrogen) atoms. The maximum atomic E-state index is 12.0. The highest BCUT2D eigenvalue weighted by Crippen LogP contribution is 2.55. The van der Waals surface area contributed by atoms with E-state index in [1.54, 1.807) is 0 Å². The van der Waals surface area contributed by atoms with Gasteiger partial charge in [0.15, 0.2) is 0 Å². The number of rotatable bonds is 4. The third-order valence-corrected chi connectivity index (χ3v) is 4.07. The summed E-state index contributed by atoms with van der Waals surface area (Å²) in [5, 5.41) is 3.11. The fourth-order valence-corrected chi connectivity index (χ4v) is 3.34. The molecule has 0 saturated heterocycles. The van der Waals surface area contributed by atoms with Crippen molar-refractivity contribution in [3.8, 4) is 0 Å². The van der Waals surface area contributed by atoms with E-state index in [4.69, 9.17) is 5.73 Å². The fraction of sp³-hybridized carbons (Fsp3) is 0.923. The smallest absolute Gasteiger partial charge is 0.223 e. The van der Waals surface area contributed by atoms with Gasteiger partial charge in [-0.05, 0) is 44.9 Å². The molecule has 0 aliphatic heterocycles. The van der Waals surface area contributed by atoms with Crippen molar-refractivity contribution in [2.75, 3.05) is 0 Å². The van der Waals surface area contributed by atoms with E-state index < -0.39 is 0 Å². The number of nitrogens with one attached hydrogen (secondary N) is 1. The summed E-state index contributed by atoms with van der Waals surface area (Å²) in [6, 6.07) is 0.381. The van der Waals surface area contributed by atoms with Crippen molar-refractivity contribution in [1.29, 1.82) is 0 Å². The minimum Gasteiger partial charge on any atom is -0.353 e. The maximum absolute atomic E-state index is 12.0. The molecule has 2 aliphatic rings. The highest BCUT2D eigenvalue weighted by Gasteiger charge is 2.54. The predicted molar refractivity (Wildman–Crippen MR) is 64.8 cm³/mol. The summed E-state index contributed by atoms with van der Waals surface area (Å²) in [6.07, 6.45) is 6.04. The number of carbonyl (C=O) groups is 1. The van der Waals surface area contributed by atoms with Gasteiger partial charge in [0.25, 0.3) is 0 Å². The standard InChI is InChI=1S/C13H24N2O/c1-8(14)7-9(2)15-13(16)12-10-5-3-4-6-11(10)12/h8-12H,3-7,14H2,1-2H3,(H,15,16). The minimum absolute atomic E-state index is 0.164. The van der Waals surface area contributed by atoms with Crippen molar-refractivity contribution in [2.24, 2.45) is 23.5 Å². The lowest BCUT2D eigenvalue weighted by molar-refractivity contribution is -0.123. The molecular weight excluding hydrogens is 200 g/mol. The number of carbonyl (C=O) groups excluding carboxylic acids is 1. The second-order valence-corrected chi connectivity index (χ2v) is 5.76.